The van der Waals surface area contributed by atoms with Crippen LogP contribution in [0.2, 0.25) is 0 Å². The Balaban J connectivity index is 1.70. The highest BCUT2D eigenvalue weighted by atomic mass is 79.9. The second-order valence-electron chi connectivity index (χ2n) is 4.94. The topological polar surface area (TPSA) is 86.9 Å². The van der Waals surface area contributed by atoms with Crippen molar-refractivity contribution in [2.24, 2.45) is 5.92 Å². The molecule has 3 heterocycles. The van der Waals surface area contributed by atoms with Crippen LogP contribution < -0.4 is 5.32 Å². The SMILES string of the molecule is O=C(Nc1cn2cc(Br)ccc2n1)C1CCN(C(=O)O)C1. The molecule has 0 bridgehead atoms. The number of hydrogen-bond donors (Lipinski definition) is 2. The molecule has 0 spiro atoms. The average Bonchev–Trinajstić information content (AvgIpc) is 3.03. The number of nitrogens with one attached hydrogen (secondary N) is 1. The fourth-order valence-electron chi connectivity index (χ4n) is 2.40. The highest BCUT2D eigenvalue weighted by Gasteiger charge is 2.31. The van der Waals surface area contributed by atoms with Crippen LogP contribution in [0.15, 0.2) is 29.0 Å². The van der Waals surface area contributed by atoms with Crippen molar-refractivity contribution >= 4 is 39.4 Å². The van der Waals surface area contributed by atoms with Gasteiger partial charge in [0, 0.05) is 23.8 Å². The third kappa shape index (κ3) is 2.85. The molecule has 1 fully saturated rings. The first-order valence-corrected chi connectivity index (χ1v) is 7.25. The number of fused-ring (bicyclic) bond motifs is 1. The molecule has 21 heavy (non-hydrogen) atoms. The number of hydrogen-bond acceptors (Lipinski definition) is 3. The Morgan fingerprint density at radius 3 is 2.90 bits per heavy atom. The van der Waals surface area contributed by atoms with E-state index < -0.39 is 6.09 Å². The quantitative estimate of drug-likeness (QED) is 0.865. The standard InChI is InChI=1S/C13H13BrN4O3/c14-9-1-2-11-15-10(7-18(11)6-9)16-12(19)8-3-4-17(5-8)13(20)21/h1-2,6-8H,3-5H2,(H,16,19)(H,20,21). The molecule has 0 saturated carbocycles. The van der Waals surface area contributed by atoms with Crippen LogP contribution >= 0.6 is 15.9 Å². The summed E-state index contributed by atoms with van der Waals surface area (Å²) in [5, 5.41) is 11.6. The minimum Gasteiger partial charge on any atom is -0.465 e. The molecule has 7 nitrogen and oxygen atoms in total. The summed E-state index contributed by atoms with van der Waals surface area (Å²) in [5.41, 5.74) is 0.729. The first kappa shape index (κ1) is 13.9. The van der Waals surface area contributed by atoms with Gasteiger partial charge in [-0.1, -0.05) is 0 Å². The number of anilines is 1. The van der Waals surface area contributed by atoms with E-state index in [1.165, 1.54) is 4.90 Å². The smallest absolute Gasteiger partial charge is 0.407 e. The molecule has 2 N–H and O–H groups in total. The number of likely N-dealkylation sites (tertiary alicyclic amines) is 1. The van der Waals surface area contributed by atoms with Gasteiger partial charge < -0.3 is 19.7 Å². The molecule has 8 heteroatoms. The van der Waals surface area contributed by atoms with E-state index in [1.807, 2.05) is 18.3 Å². The van der Waals surface area contributed by atoms with Gasteiger partial charge >= 0.3 is 6.09 Å². The van der Waals surface area contributed by atoms with Gasteiger partial charge in [0.15, 0.2) is 5.82 Å². The number of nitrogens with zero attached hydrogens (tertiary/aromatic N) is 3. The molecule has 2 amide bonds. The van der Waals surface area contributed by atoms with Gasteiger partial charge in [0.1, 0.15) is 5.65 Å². The monoisotopic (exact) mass is 352 g/mol. The summed E-state index contributed by atoms with van der Waals surface area (Å²) in [7, 11) is 0. The number of carboxylic acid groups (broad SMARTS) is 1. The highest BCUT2D eigenvalue weighted by molar-refractivity contribution is 9.10. The summed E-state index contributed by atoms with van der Waals surface area (Å²) in [6.07, 6.45) is 3.13. The number of pyridine rings is 1. The van der Waals surface area contributed by atoms with Crippen LogP contribution in [0, 0.1) is 5.92 Å². The van der Waals surface area contributed by atoms with Crippen LogP contribution in [0.4, 0.5) is 10.6 Å². The normalized spacial score (nSPS) is 18.1. The zero-order valence-electron chi connectivity index (χ0n) is 11.0. The Morgan fingerprint density at radius 2 is 2.19 bits per heavy atom. The third-order valence-corrected chi connectivity index (χ3v) is 3.96. The molecule has 2 aromatic heterocycles. The number of aromatic nitrogens is 2. The summed E-state index contributed by atoms with van der Waals surface area (Å²) in [5.74, 6) is -0.0502. The zero-order chi connectivity index (χ0) is 15.0. The largest absolute Gasteiger partial charge is 0.465 e. The molecule has 1 aliphatic heterocycles. The molecule has 2 aromatic rings. The van der Waals surface area contributed by atoms with Crippen molar-refractivity contribution in [3.05, 3.63) is 29.0 Å². The van der Waals surface area contributed by atoms with Gasteiger partial charge in [-0.3, -0.25) is 4.79 Å². The average molecular weight is 353 g/mol. The molecule has 1 aliphatic rings. The van der Waals surface area contributed by atoms with Gasteiger partial charge in [-0.05, 0) is 34.5 Å². The van der Waals surface area contributed by atoms with E-state index in [1.54, 1.807) is 10.6 Å². The lowest BCUT2D eigenvalue weighted by Crippen LogP contribution is -2.30. The van der Waals surface area contributed by atoms with Gasteiger partial charge in [0.2, 0.25) is 5.91 Å². The van der Waals surface area contributed by atoms with E-state index in [9.17, 15) is 9.59 Å². The summed E-state index contributed by atoms with van der Waals surface area (Å²) in [6, 6.07) is 3.71. The number of carbonyl (C=O) groups is 2. The van der Waals surface area contributed by atoms with Crippen LogP contribution in [-0.2, 0) is 4.79 Å². The Bertz CT molecular complexity index is 715. The first-order chi connectivity index (χ1) is 10.0. The number of halogens is 1. The van der Waals surface area contributed by atoms with Crippen molar-refractivity contribution in [1.82, 2.24) is 14.3 Å². The molecule has 3 rings (SSSR count). The third-order valence-electron chi connectivity index (χ3n) is 3.50. The molecular weight excluding hydrogens is 340 g/mol. The van der Waals surface area contributed by atoms with Gasteiger partial charge in [0.25, 0.3) is 0 Å². The number of rotatable bonds is 2. The summed E-state index contributed by atoms with van der Waals surface area (Å²) < 4.78 is 2.72. The number of imidazole rings is 1. The molecule has 0 aliphatic carbocycles. The highest BCUT2D eigenvalue weighted by Crippen LogP contribution is 2.19. The lowest BCUT2D eigenvalue weighted by atomic mass is 10.1. The molecule has 110 valence electrons. The Hall–Kier alpha value is -2.09. The van der Waals surface area contributed by atoms with Crippen molar-refractivity contribution in [2.75, 3.05) is 18.4 Å². The second-order valence-corrected chi connectivity index (χ2v) is 5.86. The second kappa shape index (κ2) is 5.36. The number of carbonyl (C=O) groups excluding carboxylic acids is 1. The lowest BCUT2D eigenvalue weighted by molar-refractivity contribution is -0.119. The van der Waals surface area contributed by atoms with Gasteiger partial charge in [-0.25, -0.2) is 9.78 Å². The lowest BCUT2D eigenvalue weighted by Gasteiger charge is -2.11. The molecular formula is C13H13BrN4O3. The van der Waals surface area contributed by atoms with Crippen LogP contribution in [0.5, 0.6) is 0 Å². The van der Waals surface area contributed by atoms with Gasteiger partial charge in [0.05, 0.1) is 12.1 Å². The van der Waals surface area contributed by atoms with Crippen LogP contribution in [0.3, 0.4) is 0 Å². The maximum atomic E-state index is 12.1. The van der Waals surface area contributed by atoms with Gasteiger partial charge in [-0.15, -0.1) is 0 Å². The van der Waals surface area contributed by atoms with Crippen molar-refractivity contribution < 1.29 is 14.7 Å². The van der Waals surface area contributed by atoms with E-state index in [-0.39, 0.29) is 18.4 Å². The predicted molar refractivity (Wildman–Crippen MR) is 79.2 cm³/mol. The molecule has 0 radical (unpaired) electrons. The van der Waals surface area contributed by atoms with Crippen molar-refractivity contribution in [3.63, 3.8) is 0 Å². The summed E-state index contributed by atoms with van der Waals surface area (Å²) in [4.78, 5) is 28.5. The minimum atomic E-state index is -0.983. The van der Waals surface area contributed by atoms with Crippen molar-refractivity contribution in [2.45, 2.75) is 6.42 Å². The maximum Gasteiger partial charge on any atom is 0.407 e. The summed E-state index contributed by atoms with van der Waals surface area (Å²) >= 11 is 3.37. The Labute approximate surface area is 128 Å². The Morgan fingerprint density at radius 1 is 1.38 bits per heavy atom. The van der Waals surface area contributed by atoms with E-state index in [0.29, 0.717) is 18.8 Å². The van der Waals surface area contributed by atoms with Crippen LogP contribution in [-0.4, -0.2) is 44.5 Å². The first-order valence-electron chi connectivity index (χ1n) is 6.46. The van der Waals surface area contributed by atoms with E-state index in [4.69, 9.17) is 5.11 Å². The Kier molecular flexibility index (Phi) is 3.54. The van der Waals surface area contributed by atoms with E-state index in [0.717, 1.165) is 10.1 Å². The molecule has 1 atom stereocenters. The minimum absolute atomic E-state index is 0.193. The maximum absolute atomic E-state index is 12.1. The number of amides is 2. The van der Waals surface area contributed by atoms with E-state index in [2.05, 4.69) is 26.2 Å². The van der Waals surface area contributed by atoms with E-state index >= 15 is 0 Å². The van der Waals surface area contributed by atoms with Crippen molar-refractivity contribution in [3.8, 4) is 0 Å². The molecule has 1 unspecified atom stereocenters. The predicted octanol–water partition coefficient (Wildman–Crippen LogP) is 2.04. The fraction of sp³-hybridized carbons (Fsp3) is 0.308. The van der Waals surface area contributed by atoms with Crippen LogP contribution in [0.25, 0.3) is 5.65 Å². The zero-order valence-corrected chi connectivity index (χ0v) is 12.6. The fourth-order valence-corrected chi connectivity index (χ4v) is 2.75. The molecule has 1 saturated heterocycles. The van der Waals surface area contributed by atoms with Crippen molar-refractivity contribution in [1.29, 1.82) is 0 Å². The van der Waals surface area contributed by atoms with Crippen LogP contribution in [0.1, 0.15) is 6.42 Å². The van der Waals surface area contributed by atoms with Gasteiger partial charge in [-0.2, -0.15) is 0 Å². The molecule has 0 aromatic carbocycles. The summed E-state index contributed by atoms with van der Waals surface area (Å²) in [6.45, 7) is 0.631.